The summed E-state index contributed by atoms with van der Waals surface area (Å²) in [6.07, 6.45) is 5.23. The van der Waals surface area contributed by atoms with Gasteiger partial charge in [0.25, 0.3) is 0 Å². The Morgan fingerprint density at radius 1 is 1.11 bits per heavy atom. The molecular weight excluding hydrogens is 580 g/mol. The maximum absolute atomic E-state index is 14.0. The van der Waals surface area contributed by atoms with E-state index in [1.165, 1.54) is 4.90 Å². The van der Waals surface area contributed by atoms with Crippen LogP contribution in [-0.4, -0.2) is 74.9 Å². The summed E-state index contributed by atoms with van der Waals surface area (Å²) in [5, 5.41) is 26.6. The lowest BCUT2D eigenvalue weighted by Gasteiger charge is -2.37. The van der Waals surface area contributed by atoms with E-state index < -0.39 is 41.5 Å². The van der Waals surface area contributed by atoms with E-state index in [1.807, 2.05) is 64.4 Å². The highest BCUT2D eigenvalue weighted by Gasteiger charge is 2.45. The largest absolute Gasteiger partial charge is 0.480 e. The van der Waals surface area contributed by atoms with Crippen molar-refractivity contribution < 1.29 is 29.4 Å². The zero-order valence-electron chi connectivity index (χ0n) is 26.5. The number of amides is 2. The zero-order chi connectivity index (χ0) is 32.4. The van der Waals surface area contributed by atoms with Gasteiger partial charge in [-0.05, 0) is 43.2 Å². The smallest absolute Gasteiger partial charge is 0.320 e. The number of carboxylic acids is 1. The number of rotatable bonds is 16. The molecule has 1 aliphatic heterocycles. The lowest BCUT2D eigenvalue weighted by molar-refractivity contribution is -0.145. The molecule has 242 valence electrons. The summed E-state index contributed by atoms with van der Waals surface area (Å²) in [5.74, 6) is -1.79. The Bertz CT molecular complexity index is 1260. The van der Waals surface area contributed by atoms with Gasteiger partial charge in [-0.1, -0.05) is 70.7 Å². The molecule has 0 aliphatic carbocycles. The first-order valence-corrected chi connectivity index (χ1v) is 16.4. The third kappa shape index (κ3) is 9.67. The molecule has 0 radical (unpaired) electrons. The standard InChI is InChI=1S/C33H48N4O6S/c1-21(23-13-15-24(16-14-23)28-22(2)34-20-44-28)35-30(40)27-18-25(39)19-37(27)31(41)29(33(3,4)5)36-26(32(42)43)12-10-8-6-7-9-11-17-38/h13-17,20-21,25-27,29,36,39H,6-12,18-19H2,1-5H3,(H,35,40)(H,42,43)/t21-,25+,26?,27-,29+/m0/s1. The molecule has 0 spiro atoms. The number of carbonyl (C=O) groups excluding carboxylic acids is 3. The number of aromatic nitrogens is 1. The summed E-state index contributed by atoms with van der Waals surface area (Å²) in [7, 11) is 0. The van der Waals surface area contributed by atoms with Crippen LogP contribution in [-0.2, 0) is 19.2 Å². The van der Waals surface area contributed by atoms with Crippen LogP contribution in [0, 0.1) is 12.3 Å². The minimum Gasteiger partial charge on any atom is -0.480 e. The van der Waals surface area contributed by atoms with Gasteiger partial charge in [0.1, 0.15) is 18.4 Å². The Morgan fingerprint density at radius 3 is 2.36 bits per heavy atom. The van der Waals surface area contributed by atoms with Crippen LogP contribution in [0.3, 0.4) is 0 Å². The molecule has 1 aromatic carbocycles. The van der Waals surface area contributed by atoms with Crippen LogP contribution < -0.4 is 10.6 Å². The van der Waals surface area contributed by atoms with Gasteiger partial charge in [-0.2, -0.15) is 0 Å². The predicted molar refractivity (Wildman–Crippen MR) is 171 cm³/mol. The molecule has 2 amide bonds. The van der Waals surface area contributed by atoms with E-state index in [9.17, 15) is 29.4 Å². The van der Waals surface area contributed by atoms with Crippen molar-refractivity contribution in [1.82, 2.24) is 20.5 Å². The number of β-amino-alcohol motifs (C(OH)–C–C–N with tert-alkyl or cyclic N) is 1. The summed E-state index contributed by atoms with van der Waals surface area (Å²) >= 11 is 1.57. The summed E-state index contributed by atoms with van der Waals surface area (Å²) in [6, 6.07) is 4.90. The fourth-order valence-electron chi connectivity index (χ4n) is 5.64. The van der Waals surface area contributed by atoms with Gasteiger partial charge >= 0.3 is 5.97 Å². The molecular formula is C33H48N4O6S. The fourth-order valence-corrected chi connectivity index (χ4v) is 6.46. The van der Waals surface area contributed by atoms with Gasteiger partial charge in [-0.25, -0.2) is 4.98 Å². The number of carbonyl (C=O) groups is 4. The van der Waals surface area contributed by atoms with E-state index in [-0.39, 0.29) is 24.9 Å². The number of thiazole rings is 1. The molecule has 11 heteroatoms. The van der Waals surface area contributed by atoms with E-state index in [2.05, 4.69) is 15.6 Å². The van der Waals surface area contributed by atoms with Gasteiger partial charge in [0.2, 0.25) is 11.8 Å². The Balaban J connectivity index is 1.66. The molecule has 5 atom stereocenters. The number of nitrogens with one attached hydrogen (secondary N) is 2. The van der Waals surface area contributed by atoms with Crippen molar-refractivity contribution in [3.8, 4) is 10.4 Å². The molecule has 1 aliphatic rings. The molecule has 0 saturated carbocycles. The van der Waals surface area contributed by atoms with Crippen molar-refractivity contribution in [2.45, 2.75) is 116 Å². The zero-order valence-corrected chi connectivity index (χ0v) is 27.4. The van der Waals surface area contributed by atoms with E-state index in [1.54, 1.807) is 11.3 Å². The maximum Gasteiger partial charge on any atom is 0.320 e. The van der Waals surface area contributed by atoms with Gasteiger partial charge in [-0.3, -0.25) is 19.7 Å². The van der Waals surface area contributed by atoms with Gasteiger partial charge in [0.05, 0.1) is 34.3 Å². The molecule has 3 rings (SSSR count). The molecule has 1 aromatic heterocycles. The average molecular weight is 629 g/mol. The molecule has 2 aromatic rings. The van der Waals surface area contributed by atoms with Gasteiger partial charge in [0.15, 0.2) is 0 Å². The van der Waals surface area contributed by atoms with Crippen molar-refractivity contribution in [3.05, 3.63) is 41.0 Å². The molecule has 1 fully saturated rings. The summed E-state index contributed by atoms with van der Waals surface area (Å²) in [5.41, 5.74) is 4.09. The number of benzene rings is 1. The number of hydrogen-bond donors (Lipinski definition) is 4. The molecule has 4 N–H and O–H groups in total. The van der Waals surface area contributed by atoms with E-state index in [0.29, 0.717) is 19.3 Å². The highest BCUT2D eigenvalue weighted by Crippen LogP contribution is 2.30. The summed E-state index contributed by atoms with van der Waals surface area (Å²) in [6.45, 7) is 9.41. The number of aliphatic hydroxyl groups is 1. The minimum atomic E-state index is -1.03. The first-order chi connectivity index (χ1) is 20.8. The van der Waals surface area contributed by atoms with Crippen molar-refractivity contribution in [1.29, 1.82) is 0 Å². The molecule has 1 unspecified atom stereocenters. The third-order valence-electron chi connectivity index (χ3n) is 8.24. The Hall–Kier alpha value is -3.15. The average Bonchev–Trinajstić information content (AvgIpc) is 3.58. The number of aliphatic hydroxyl groups excluding tert-OH is 1. The second kappa shape index (κ2) is 16.2. The number of nitrogens with zero attached hydrogens (tertiary/aromatic N) is 2. The number of aryl methyl sites for hydroxylation is 1. The first kappa shape index (κ1) is 35.3. The Kier molecular flexibility index (Phi) is 13.0. The van der Waals surface area contributed by atoms with E-state index in [4.69, 9.17) is 0 Å². The molecule has 0 bridgehead atoms. The fraction of sp³-hybridized carbons (Fsp3) is 0.606. The lowest BCUT2D eigenvalue weighted by Crippen LogP contribution is -2.59. The van der Waals surface area contributed by atoms with Gasteiger partial charge in [-0.15, -0.1) is 11.3 Å². The lowest BCUT2D eigenvalue weighted by atomic mass is 9.84. The second-order valence-electron chi connectivity index (χ2n) is 12.9. The first-order valence-electron chi connectivity index (χ1n) is 15.5. The number of aldehydes is 1. The maximum atomic E-state index is 14.0. The number of unbranched alkanes of at least 4 members (excludes halogenated alkanes) is 5. The molecule has 10 nitrogen and oxygen atoms in total. The topological polar surface area (TPSA) is 149 Å². The normalized spacial score (nSPS) is 18.9. The van der Waals surface area contributed by atoms with Crippen LogP contribution >= 0.6 is 11.3 Å². The highest BCUT2D eigenvalue weighted by atomic mass is 32.1. The number of carboxylic acid groups (broad SMARTS) is 1. The van der Waals surface area contributed by atoms with Crippen molar-refractivity contribution in [3.63, 3.8) is 0 Å². The van der Waals surface area contributed by atoms with Crippen LogP contribution in [0.1, 0.15) is 96.4 Å². The monoisotopic (exact) mass is 628 g/mol. The Morgan fingerprint density at radius 2 is 1.77 bits per heavy atom. The van der Waals surface area contributed by atoms with Crippen LogP contribution in [0.15, 0.2) is 29.8 Å². The SMILES string of the molecule is Cc1ncsc1-c1ccc([C@H](C)NC(=O)[C@@H]2C[C@@H](O)CN2C(=O)[C@@H](NC(CCCCCCCC=O)C(=O)O)C(C)(C)C)cc1. The Labute approximate surface area is 264 Å². The van der Waals surface area contributed by atoms with Crippen molar-refractivity contribution >= 4 is 35.4 Å². The van der Waals surface area contributed by atoms with Gasteiger partial charge < -0.3 is 25.2 Å². The number of likely N-dealkylation sites (tertiary alicyclic amines) is 1. The van der Waals surface area contributed by atoms with Crippen LogP contribution in [0.5, 0.6) is 0 Å². The van der Waals surface area contributed by atoms with Crippen LogP contribution in [0.4, 0.5) is 0 Å². The highest BCUT2D eigenvalue weighted by molar-refractivity contribution is 7.13. The molecule has 2 heterocycles. The third-order valence-corrected chi connectivity index (χ3v) is 9.21. The second-order valence-corrected chi connectivity index (χ2v) is 13.7. The van der Waals surface area contributed by atoms with Crippen molar-refractivity contribution in [2.75, 3.05) is 6.54 Å². The van der Waals surface area contributed by atoms with Gasteiger partial charge in [0, 0.05) is 19.4 Å². The summed E-state index contributed by atoms with van der Waals surface area (Å²) in [4.78, 5) is 56.9. The van der Waals surface area contributed by atoms with Crippen LogP contribution in [0.25, 0.3) is 10.4 Å². The molecule has 1 saturated heterocycles. The van der Waals surface area contributed by atoms with Crippen molar-refractivity contribution in [2.24, 2.45) is 5.41 Å². The molecule has 44 heavy (non-hydrogen) atoms. The van der Waals surface area contributed by atoms with E-state index >= 15 is 0 Å². The minimum absolute atomic E-state index is 0.000977. The number of hydrogen-bond acceptors (Lipinski definition) is 8. The quantitative estimate of drug-likeness (QED) is 0.155. The summed E-state index contributed by atoms with van der Waals surface area (Å²) < 4.78 is 0. The predicted octanol–water partition coefficient (Wildman–Crippen LogP) is 4.64. The van der Waals surface area contributed by atoms with E-state index in [0.717, 1.165) is 53.7 Å². The van der Waals surface area contributed by atoms with Crippen LogP contribution in [0.2, 0.25) is 0 Å². The number of aliphatic carboxylic acids is 1.